The molecule has 0 atom stereocenters. The van der Waals surface area contributed by atoms with Gasteiger partial charge in [-0.3, -0.25) is 19.8 Å². The van der Waals surface area contributed by atoms with E-state index < -0.39 is 4.92 Å². The topological polar surface area (TPSA) is 101 Å². The number of nitro benzene ring substituents is 1. The summed E-state index contributed by atoms with van der Waals surface area (Å²) < 4.78 is 10.9. The normalized spacial score (nSPS) is 13.3. The van der Waals surface area contributed by atoms with Crippen LogP contribution in [0.5, 0.6) is 11.5 Å². The minimum atomic E-state index is -0.400. The summed E-state index contributed by atoms with van der Waals surface area (Å²) in [5, 5.41) is 13.7. The molecule has 0 spiro atoms. The fourth-order valence-electron chi connectivity index (χ4n) is 5.28. The second-order valence-electron chi connectivity index (χ2n) is 10.8. The number of non-ortho nitro benzene ring substituents is 1. The molecule has 4 aromatic rings. The van der Waals surface area contributed by atoms with Gasteiger partial charge in [0.1, 0.15) is 10.7 Å². The minimum absolute atomic E-state index is 0.0636. The Morgan fingerprint density at radius 2 is 1.61 bits per heavy atom. The number of nitro groups is 1. The van der Waals surface area contributed by atoms with Gasteiger partial charge in [-0.05, 0) is 48.7 Å². The number of thiazole rings is 1. The molecule has 0 N–H and O–H groups in total. The highest BCUT2D eigenvalue weighted by Crippen LogP contribution is 2.28. The Balaban J connectivity index is 1.22. The van der Waals surface area contributed by atoms with Crippen molar-refractivity contribution in [2.24, 2.45) is 0 Å². The first-order chi connectivity index (χ1) is 21.3. The van der Waals surface area contributed by atoms with E-state index in [1.54, 1.807) is 26.4 Å². The van der Waals surface area contributed by atoms with Crippen LogP contribution in [-0.4, -0.2) is 72.6 Å². The van der Waals surface area contributed by atoms with Gasteiger partial charge in [-0.25, -0.2) is 4.98 Å². The molecule has 0 bridgehead atoms. The number of anilines is 1. The Labute approximate surface area is 261 Å². The summed E-state index contributed by atoms with van der Waals surface area (Å²) in [6, 6.07) is 21.1. The van der Waals surface area contributed by atoms with Gasteiger partial charge in [0, 0.05) is 62.5 Å². The molecule has 2 heterocycles. The van der Waals surface area contributed by atoms with Gasteiger partial charge in [-0.15, -0.1) is 11.3 Å². The van der Waals surface area contributed by atoms with Crippen LogP contribution >= 0.6 is 11.3 Å². The number of ether oxygens (including phenoxy) is 2. The first kappa shape index (κ1) is 31.0. The number of nitrogens with zero attached hydrogens (tertiary/aromatic N) is 5. The largest absolute Gasteiger partial charge is 0.493 e. The maximum atomic E-state index is 13.3. The Kier molecular flexibility index (Phi) is 10.1. The highest BCUT2D eigenvalue weighted by Gasteiger charge is 2.25. The number of rotatable bonds is 12. The number of hydrogen-bond donors (Lipinski definition) is 0. The monoisotopic (exact) mass is 615 g/mol. The molecule has 1 amide bonds. The van der Waals surface area contributed by atoms with Gasteiger partial charge in [0.05, 0.1) is 25.7 Å². The molecule has 1 aliphatic heterocycles. The van der Waals surface area contributed by atoms with E-state index in [1.165, 1.54) is 34.6 Å². The third-order valence-corrected chi connectivity index (χ3v) is 8.65. The maximum Gasteiger partial charge on any atom is 0.273 e. The van der Waals surface area contributed by atoms with Crippen LogP contribution in [0.2, 0.25) is 0 Å². The lowest BCUT2D eigenvalue weighted by Crippen LogP contribution is -2.48. The van der Waals surface area contributed by atoms with Crippen molar-refractivity contribution in [3.8, 4) is 11.5 Å². The van der Waals surface area contributed by atoms with Gasteiger partial charge in [-0.1, -0.05) is 35.9 Å². The first-order valence-electron chi connectivity index (χ1n) is 14.5. The summed E-state index contributed by atoms with van der Waals surface area (Å²) in [4.78, 5) is 35.0. The summed E-state index contributed by atoms with van der Waals surface area (Å²) >= 11 is 1.51. The van der Waals surface area contributed by atoms with Crippen LogP contribution in [0.1, 0.15) is 32.2 Å². The van der Waals surface area contributed by atoms with Crippen molar-refractivity contribution in [2.75, 3.05) is 51.8 Å². The minimum Gasteiger partial charge on any atom is -0.493 e. The standard InChI is InChI=1S/C33H37N5O5S/c1-24-4-6-26(7-5-24)21-35(15-14-25-8-13-30(42-2)31(20-25)43-3)22-32-34-29(23-44-32)33(39)37-18-16-36(17-19-37)27-9-11-28(12-10-27)38(40)41/h4-13,20,23H,14-19,21-22H2,1-3H3. The van der Waals surface area contributed by atoms with E-state index in [2.05, 4.69) is 47.1 Å². The predicted octanol–water partition coefficient (Wildman–Crippen LogP) is 5.58. The van der Waals surface area contributed by atoms with Gasteiger partial charge in [0.2, 0.25) is 0 Å². The van der Waals surface area contributed by atoms with Crippen LogP contribution in [0.15, 0.2) is 72.1 Å². The predicted molar refractivity (Wildman–Crippen MR) is 172 cm³/mol. The fourth-order valence-corrected chi connectivity index (χ4v) is 6.09. The van der Waals surface area contributed by atoms with E-state index in [-0.39, 0.29) is 11.6 Å². The molecule has 1 fully saturated rings. The molecule has 1 aliphatic rings. The van der Waals surface area contributed by atoms with Gasteiger partial charge in [0.25, 0.3) is 11.6 Å². The Hall–Kier alpha value is -4.48. The van der Waals surface area contributed by atoms with Gasteiger partial charge < -0.3 is 19.3 Å². The molecule has 0 saturated carbocycles. The molecule has 230 valence electrons. The number of hydrogen-bond acceptors (Lipinski definition) is 9. The van der Waals surface area contributed by atoms with Gasteiger partial charge in [-0.2, -0.15) is 0 Å². The van der Waals surface area contributed by atoms with Crippen molar-refractivity contribution in [3.63, 3.8) is 0 Å². The van der Waals surface area contributed by atoms with Crippen LogP contribution < -0.4 is 14.4 Å². The number of benzene rings is 3. The number of aromatic nitrogens is 1. The van der Waals surface area contributed by atoms with Crippen LogP contribution in [-0.2, 0) is 19.5 Å². The number of piperazine rings is 1. The van der Waals surface area contributed by atoms with E-state index in [1.807, 2.05) is 22.4 Å². The summed E-state index contributed by atoms with van der Waals surface area (Å²) in [6.07, 6.45) is 0.822. The molecule has 11 heteroatoms. The lowest BCUT2D eigenvalue weighted by molar-refractivity contribution is -0.384. The number of amides is 1. The smallest absolute Gasteiger partial charge is 0.273 e. The van der Waals surface area contributed by atoms with Crippen molar-refractivity contribution in [1.82, 2.24) is 14.8 Å². The third-order valence-electron chi connectivity index (χ3n) is 7.81. The SMILES string of the molecule is COc1ccc(CCN(Cc2ccc(C)cc2)Cc2nc(C(=O)N3CCN(c4ccc([N+](=O)[O-])cc4)CC3)cs2)cc1OC. The first-order valence-corrected chi connectivity index (χ1v) is 15.4. The Morgan fingerprint density at radius 3 is 2.27 bits per heavy atom. The summed E-state index contributed by atoms with van der Waals surface area (Å²) in [5.41, 5.74) is 5.06. The molecular weight excluding hydrogens is 578 g/mol. The highest BCUT2D eigenvalue weighted by atomic mass is 32.1. The summed E-state index contributed by atoms with van der Waals surface area (Å²) in [6.45, 7) is 6.72. The molecule has 1 aromatic heterocycles. The molecule has 3 aromatic carbocycles. The van der Waals surface area contributed by atoms with E-state index in [4.69, 9.17) is 14.5 Å². The molecule has 44 heavy (non-hydrogen) atoms. The second-order valence-corrected chi connectivity index (χ2v) is 11.8. The molecule has 5 rings (SSSR count). The maximum absolute atomic E-state index is 13.3. The molecule has 0 unspecified atom stereocenters. The van der Waals surface area contributed by atoms with Crippen molar-refractivity contribution in [3.05, 3.63) is 110 Å². The van der Waals surface area contributed by atoms with E-state index in [9.17, 15) is 14.9 Å². The second kappa shape index (κ2) is 14.3. The number of carbonyl (C=O) groups is 1. The lowest BCUT2D eigenvalue weighted by atomic mass is 10.1. The summed E-state index contributed by atoms with van der Waals surface area (Å²) in [5.74, 6) is 1.36. The van der Waals surface area contributed by atoms with Crippen molar-refractivity contribution in [2.45, 2.75) is 26.4 Å². The van der Waals surface area contributed by atoms with Crippen molar-refractivity contribution in [1.29, 1.82) is 0 Å². The molecule has 10 nitrogen and oxygen atoms in total. The number of carbonyl (C=O) groups excluding carboxylic acids is 1. The average molecular weight is 616 g/mol. The third kappa shape index (κ3) is 7.72. The Morgan fingerprint density at radius 1 is 0.932 bits per heavy atom. The van der Waals surface area contributed by atoms with Crippen molar-refractivity contribution >= 4 is 28.6 Å². The molecule has 0 radical (unpaired) electrons. The fraction of sp³-hybridized carbons (Fsp3) is 0.333. The van der Waals surface area contributed by atoms with E-state index >= 15 is 0 Å². The van der Waals surface area contributed by atoms with Gasteiger partial charge in [0.15, 0.2) is 11.5 Å². The molecule has 0 aliphatic carbocycles. The van der Waals surface area contributed by atoms with Crippen LogP contribution in [0.25, 0.3) is 0 Å². The lowest BCUT2D eigenvalue weighted by Gasteiger charge is -2.35. The van der Waals surface area contributed by atoms with Crippen LogP contribution in [0, 0.1) is 17.0 Å². The zero-order chi connectivity index (χ0) is 31.1. The van der Waals surface area contributed by atoms with Crippen molar-refractivity contribution < 1.29 is 19.2 Å². The zero-order valence-electron chi connectivity index (χ0n) is 25.3. The van der Waals surface area contributed by atoms with Crippen LogP contribution in [0.4, 0.5) is 11.4 Å². The van der Waals surface area contributed by atoms with E-state index in [0.717, 1.165) is 35.8 Å². The number of methoxy groups -OCH3 is 2. The van der Waals surface area contributed by atoms with Gasteiger partial charge >= 0.3 is 0 Å². The highest BCUT2D eigenvalue weighted by molar-refractivity contribution is 7.09. The van der Waals surface area contributed by atoms with Crippen LogP contribution in [0.3, 0.4) is 0 Å². The molecular formula is C33H37N5O5S. The summed E-state index contributed by atoms with van der Waals surface area (Å²) in [7, 11) is 3.28. The zero-order valence-corrected chi connectivity index (χ0v) is 26.1. The quantitative estimate of drug-likeness (QED) is 0.150. The Bertz CT molecular complexity index is 1570. The molecule has 1 saturated heterocycles. The number of aryl methyl sites for hydroxylation is 1. The van der Waals surface area contributed by atoms with E-state index in [0.29, 0.717) is 49.9 Å². The average Bonchev–Trinajstić information content (AvgIpc) is 3.52.